The molecule has 1 heterocycles. The van der Waals surface area contributed by atoms with Crippen LogP contribution >= 0.6 is 0 Å². The van der Waals surface area contributed by atoms with E-state index in [9.17, 15) is 5.11 Å². The lowest BCUT2D eigenvalue weighted by atomic mass is 9.91. The summed E-state index contributed by atoms with van der Waals surface area (Å²) in [6.45, 7) is 0.841. The van der Waals surface area contributed by atoms with E-state index in [1.54, 1.807) is 0 Å². The topological polar surface area (TPSA) is 29.5 Å². The number of rotatable bonds is 3. The number of aliphatic hydroxyl groups excluding tert-OH is 1. The van der Waals surface area contributed by atoms with Crippen LogP contribution < -0.4 is 4.74 Å². The molecule has 2 heteroatoms. The molecule has 1 aromatic rings. The van der Waals surface area contributed by atoms with Crippen LogP contribution in [-0.2, 0) is 12.8 Å². The minimum absolute atomic E-state index is 0.0547. The fourth-order valence-electron chi connectivity index (χ4n) is 3.46. The minimum Gasteiger partial charge on any atom is -0.493 e. The summed E-state index contributed by atoms with van der Waals surface area (Å²) >= 11 is 0. The van der Waals surface area contributed by atoms with Gasteiger partial charge in [0.05, 0.1) is 12.7 Å². The zero-order valence-corrected chi connectivity index (χ0v) is 11.6. The Hall–Kier alpha value is -1.02. The molecule has 0 bridgehead atoms. The van der Waals surface area contributed by atoms with Gasteiger partial charge in [0.1, 0.15) is 5.75 Å². The van der Waals surface area contributed by atoms with Crippen LogP contribution in [0.5, 0.6) is 5.75 Å². The molecule has 2 nitrogen and oxygen atoms in total. The largest absolute Gasteiger partial charge is 0.493 e. The van der Waals surface area contributed by atoms with Crippen LogP contribution in [0.1, 0.15) is 49.7 Å². The molecule has 2 unspecified atom stereocenters. The van der Waals surface area contributed by atoms with Gasteiger partial charge < -0.3 is 9.84 Å². The maximum Gasteiger partial charge on any atom is 0.122 e. The van der Waals surface area contributed by atoms with Gasteiger partial charge in [-0.25, -0.2) is 0 Å². The van der Waals surface area contributed by atoms with E-state index in [2.05, 4.69) is 18.2 Å². The Morgan fingerprint density at radius 2 is 2.11 bits per heavy atom. The molecule has 0 spiro atoms. The molecule has 0 aromatic heterocycles. The second-order valence-corrected chi connectivity index (χ2v) is 6.12. The van der Waals surface area contributed by atoms with Crippen molar-refractivity contribution in [2.75, 3.05) is 6.61 Å². The van der Waals surface area contributed by atoms with Gasteiger partial charge in [-0.1, -0.05) is 31.4 Å². The average Bonchev–Trinajstić information content (AvgIpc) is 2.78. The monoisotopic (exact) mass is 260 g/mol. The third-order valence-corrected chi connectivity index (χ3v) is 4.60. The third-order valence-electron chi connectivity index (χ3n) is 4.60. The van der Waals surface area contributed by atoms with Gasteiger partial charge in [-0.2, -0.15) is 0 Å². The highest BCUT2D eigenvalue weighted by molar-refractivity contribution is 5.39. The molecule has 104 valence electrons. The highest BCUT2D eigenvalue weighted by Gasteiger charge is 2.18. The Morgan fingerprint density at radius 3 is 3.05 bits per heavy atom. The first-order valence-electron chi connectivity index (χ1n) is 7.74. The van der Waals surface area contributed by atoms with Crippen molar-refractivity contribution in [3.63, 3.8) is 0 Å². The normalized spacial score (nSPS) is 26.6. The van der Waals surface area contributed by atoms with Crippen LogP contribution in [0.15, 0.2) is 18.2 Å². The number of aliphatic hydroxyl groups is 1. The van der Waals surface area contributed by atoms with Crippen molar-refractivity contribution in [1.82, 2.24) is 0 Å². The molecule has 1 N–H and O–H groups in total. The highest BCUT2D eigenvalue weighted by atomic mass is 16.5. The fraction of sp³-hybridized carbons (Fsp3) is 0.647. The van der Waals surface area contributed by atoms with E-state index in [0.29, 0.717) is 5.92 Å². The van der Waals surface area contributed by atoms with Crippen LogP contribution in [0, 0.1) is 5.92 Å². The van der Waals surface area contributed by atoms with Crippen LogP contribution in [0.2, 0.25) is 0 Å². The van der Waals surface area contributed by atoms with Crippen molar-refractivity contribution in [1.29, 1.82) is 0 Å². The molecular formula is C17H24O2. The van der Waals surface area contributed by atoms with E-state index in [-0.39, 0.29) is 6.10 Å². The fourth-order valence-corrected chi connectivity index (χ4v) is 3.46. The summed E-state index contributed by atoms with van der Waals surface area (Å²) in [5.41, 5.74) is 2.81. The summed E-state index contributed by atoms with van der Waals surface area (Å²) in [7, 11) is 0. The van der Waals surface area contributed by atoms with Gasteiger partial charge in [-0.15, -0.1) is 0 Å². The molecule has 3 rings (SSSR count). The maximum absolute atomic E-state index is 9.87. The quantitative estimate of drug-likeness (QED) is 0.843. The summed E-state index contributed by atoms with van der Waals surface area (Å²) in [6, 6.07) is 6.65. The molecular weight excluding hydrogens is 236 g/mol. The summed E-state index contributed by atoms with van der Waals surface area (Å²) in [6.07, 6.45) is 9.17. The third kappa shape index (κ3) is 3.30. The molecule has 1 fully saturated rings. The maximum atomic E-state index is 9.87. The number of hydrogen-bond acceptors (Lipinski definition) is 2. The van der Waals surface area contributed by atoms with E-state index < -0.39 is 0 Å². The van der Waals surface area contributed by atoms with E-state index in [1.807, 2.05) is 0 Å². The predicted octanol–water partition coefficient (Wildman–Crippen LogP) is 3.50. The summed E-state index contributed by atoms with van der Waals surface area (Å²) < 4.78 is 5.55. The number of aryl methyl sites for hydroxylation is 1. The smallest absolute Gasteiger partial charge is 0.122 e. The lowest BCUT2D eigenvalue weighted by molar-refractivity contribution is 0.139. The Kier molecular flexibility index (Phi) is 4.07. The first-order chi connectivity index (χ1) is 9.31. The number of benzene rings is 1. The first kappa shape index (κ1) is 13.0. The van der Waals surface area contributed by atoms with Gasteiger partial charge in [0.25, 0.3) is 0 Å². The lowest BCUT2D eigenvalue weighted by Crippen LogP contribution is -2.11. The minimum atomic E-state index is -0.0547. The van der Waals surface area contributed by atoms with Crippen molar-refractivity contribution in [3.05, 3.63) is 29.3 Å². The molecule has 2 aliphatic rings. The molecule has 0 radical (unpaired) electrons. The van der Waals surface area contributed by atoms with Gasteiger partial charge in [-0.05, 0) is 48.8 Å². The van der Waals surface area contributed by atoms with Crippen molar-refractivity contribution in [3.8, 4) is 5.75 Å². The van der Waals surface area contributed by atoms with Crippen molar-refractivity contribution in [2.24, 2.45) is 5.92 Å². The zero-order chi connectivity index (χ0) is 13.1. The predicted molar refractivity (Wildman–Crippen MR) is 76.5 cm³/mol. The van der Waals surface area contributed by atoms with Crippen LogP contribution in [0.4, 0.5) is 0 Å². The Morgan fingerprint density at radius 1 is 1.21 bits per heavy atom. The Balaban J connectivity index is 1.56. The van der Waals surface area contributed by atoms with Gasteiger partial charge in [-0.3, -0.25) is 0 Å². The molecule has 1 aromatic carbocycles. The number of ether oxygens (including phenoxy) is 1. The molecule has 0 amide bonds. The average molecular weight is 260 g/mol. The standard InChI is InChI=1S/C17H24O2/c18-16-4-2-1-3-13(12-16)5-6-14-7-8-17-15(11-14)9-10-19-17/h7-8,11,13,16,18H,1-6,9-10,12H2. The number of hydrogen-bond donors (Lipinski definition) is 1. The van der Waals surface area contributed by atoms with Crippen LogP contribution in [0.3, 0.4) is 0 Å². The van der Waals surface area contributed by atoms with Gasteiger partial charge in [0, 0.05) is 6.42 Å². The molecule has 1 aliphatic carbocycles. The Labute approximate surface area is 115 Å². The van der Waals surface area contributed by atoms with Crippen LogP contribution in [0.25, 0.3) is 0 Å². The van der Waals surface area contributed by atoms with Crippen LogP contribution in [-0.4, -0.2) is 17.8 Å². The first-order valence-corrected chi connectivity index (χ1v) is 7.74. The molecule has 2 atom stereocenters. The van der Waals surface area contributed by atoms with Gasteiger partial charge in [0.15, 0.2) is 0 Å². The second-order valence-electron chi connectivity index (χ2n) is 6.12. The Bertz CT molecular complexity index is 427. The molecule has 19 heavy (non-hydrogen) atoms. The summed E-state index contributed by atoms with van der Waals surface area (Å²) in [4.78, 5) is 0. The molecule has 1 saturated carbocycles. The molecule has 1 aliphatic heterocycles. The highest BCUT2D eigenvalue weighted by Crippen LogP contribution is 2.29. The van der Waals surface area contributed by atoms with Crippen molar-refractivity contribution < 1.29 is 9.84 Å². The van der Waals surface area contributed by atoms with E-state index >= 15 is 0 Å². The lowest BCUT2D eigenvalue weighted by Gasteiger charge is -2.16. The van der Waals surface area contributed by atoms with E-state index in [4.69, 9.17) is 4.74 Å². The second kappa shape index (κ2) is 5.96. The van der Waals surface area contributed by atoms with Crippen molar-refractivity contribution >= 4 is 0 Å². The summed E-state index contributed by atoms with van der Waals surface area (Å²) in [5.74, 6) is 1.79. The summed E-state index contributed by atoms with van der Waals surface area (Å²) in [5, 5.41) is 9.87. The van der Waals surface area contributed by atoms with E-state index in [1.165, 1.54) is 36.8 Å². The SMILES string of the molecule is OC1CCCCC(CCc2ccc3c(c2)CCO3)C1. The van der Waals surface area contributed by atoms with Gasteiger partial charge in [0.2, 0.25) is 0 Å². The van der Waals surface area contributed by atoms with Crippen molar-refractivity contribution in [2.45, 2.75) is 57.5 Å². The van der Waals surface area contributed by atoms with E-state index in [0.717, 1.165) is 38.0 Å². The zero-order valence-electron chi connectivity index (χ0n) is 11.6. The van der Waals surface area contributed by atoms with Gasteiger partial charge >= 0.3 is 0 Å². The number of fused-ring (bicyclic) bond motifs is 1. The molecule has 0 saturated heterocycles.